The smallest absolute Gasteiger partial charge is 0.338 e. The number of hydrogen-bond donors (Lipinski definition) is 1. The first-order valence-corrected chi connectivity index (χ1v) is 6.74. The number of ether oxygens (including phenoxy) is 1. The van der Waals surface area contributed by atoms with Crippen LogP contribution in [0.4, 0.5) is 10.1 Å². The zero-order valence-corrected chi connectivity index (χ0v) is 12.4. The lowest BCUT2D eigenvalue weighted by Crippen LogP contribution is -2.06. The van der Waals surface area contributed by atoms with Crippen LogP contribution >= 0.6 is 15.9 Å². The molecule has 2 rings (SSSR count). The van der Waals surface area contributed by atoms with Crippen molar-refractivity contribution in [2.45, 2.75) is 13.5 Å². The van der Waals surface area contributed by atoms with Crippen LogP contribution in [-0.2, 0) is 11.3 Å². The summed E-state index contributed by atoms with van der Waals surface area (Å²) in [6, 6.07) is 9.19. The maximum absolute atomic E-state index is 13.1. The highest BCUT2D eigenvalue weighted by Gasteiger charge is 2.10. The van der Waals surface area contributed by atoms with Gasteiger partial charge in [0.25, 0.3) is 0 Å². The van der Waals surface area contributed by atoms with Gasteiger partial charge in [-0.05, 0) is 42.8 Å². The number of rotatable bonds is 3. The number of carbonyl (C=O) groups is 1. The monoisotopic (exact) mass is 337 g/mol. The Kier molecular flexibility index (Phi) is 4.39. The summed E-state index contributed by atoms with van der Waals surface area (Å²) in [7, 11) is 0. The summed E-state index contributed by atoms with van der Waals surface area (Å²) in [5.74, 6) is -0.869. The molecule has 0 atom stereocenters. The second-order valence-corrected chi connectivity index (χ2v) is 5.24. The summed E-state index contributed by atoms with van der Waals surface area (Å²) in [5.41, 5.74) is 8.12. The van der Waals surface area contributed by atoms with Crippen molar-refractivity contribution in [3.63, 3.8) is 0 Å². The SMILES string of the molecule is Cc1ccc(C(=O)OCc2cc(F)ccc2Br)cc1N. The van der Waals surface area contributed by atoms with Crippen LogP contribution in [0, 0.1) is 12.7 Å². The number of carbonyl (C=O) groups excluding carboxylic acids is 1. The van der Waals surface area contributed by atoms with Crippen molar-refractivity contribution in [3.05, 3.63) is 63.4 Å². The molecule has 20 heavy (non-hydrogen) atoms. The lowest BCUT2D eigenvalue weighted by Gasteiger charge is -2.08. The molecule has 0 spiro atoms. The van der Waals surface area contributed by atoms with E-state index < -0.39 is 5.97 Å². The predicted molar refractivity (Wildman–Crippen MR) is 78.8 cm³/mol. The zero-order chi connectivity index (χ0) is 14.7. The minimum absolute atomic E-state index is 0.00897. The number of nitrogens with two attached hydrogens (primary N) is 1. The molecular formula is C15H13BrFNO2. The molecule has 2 aromatic carbocycles. The lowest BCUT2D eigenvalue weighted by atomic mass is 10.1. The molecule has 0 aliphatic carbocycles. The van der Waals surface area contributed by atoms with Crippen LogP contribution in [0.2, 0.25) is 0 Å². The van der Waals surface area contributed by atoms with E-state index in [4.69, 9.17) is 10.5 Å². The normalized spacial score (nSPS) is 10.3. The van der Waals surface area contributed by atoms with Gasteiger partial charge in [-0.1, -0.05) is 22.0 Å². The molecule has 0 aliphatic rings. The van der Waals surface area contributed by atoms with Crippen molar-refractivity contribution in [2.75, 3.05) is 5.73 Å². The Bertz CT molecular complexity index is 658. The van der Waals surface area contributed by atoms with E-state index in [0.29, 0.717) is 21.3 Å². The largest absolute Gasteiger partial charge is 0.457 e. The molecule has 0 aliphatic heterocycles. The van der Waals surface area contributed by atoms with Crippen molar-refractivity contribution >= 4 is 27.6 Å². The third kappa shape index (κ3) is 3.36. The highest BCUT2D eigenvalue weighted by Crippen LogP contribution is 2.20. The summed E-state index contributed by atoms with van der Waals surface area (Å²) in [4.78, 5) is 11.9. The van der Waals surface area contributed by atoms with E-state index >= 15 is 0 Å². The molecule has 5 heteroatoms. The van der Waals surface area contributed by atoms with Crippen molar-refractivity contribution in [3.8, 4) is 0 Å². The van der Waals surface area contributed by atoms with E-state index in [1.807, 2.05) is 6.92 Å². The molecule has 0 fully saturated rings. The Balaban J connectivity index is 2.08. The molecule has 2 N–H and O–H groups in total. The molecule has 0 bridgehead atoms. The third-order valence-electron chi connectivity index (χ3n) is 2.88. The molecular weight excluding hydrogens is 325 g/mol. The van der Waals surface area contributed by atoms with E-state index in [1.165, 1.54) is 12.1 Å². The van der Waals surface area contributed by atoms with Crippen LogP contribution in [0.5, 0.6) is 0 Å². The van der Waals surface area contributed by atoms with Gasteiger partial charge in [-0.25, -0.2) is 9.18 Å². The van der Waals surface area contributed by atoms with Gasteiger partial charge in [-0.3, -0.25) is 0 Å². The van der Waals surface area contributed by atoms with E-state index in [1.54, 1.807) is 24.3 Å². The maximum Gasteiger partial charge on any atom is 0.338 e. The van der Waals surface area contributed by atoms with Crippen molar-refractivity contribution in [1.29, 1.82) is 0 Å². The molecule has 3 nitrogen and oxygen atoms in total. The van der Waals surface area contributed by atoms with Crippen molar-refractivity contribution < 1.29 is 13.9 Å². The van der Waals surface area contributed by atoms with Gasteiger partial charge < -0.3 is 10.5 Å². The lowest BCUT2D eigenvalue weighted by molar-refractivity contribution is 0.0471. The second-order valence-electron chi connectivity index (χ2n) is 4.38. The summed E-state index contributed by atoms with van der Waals surface area (Å²) in [6.07, 6.45) is 0. The standard InChI is InChI=1S/C15H13BrFNO2/c1-9-2-3-10(7-14(9)18)15(19)20-8-11-6-12(17)4-5-13(11)16/h2-7H,8,18H2,1H3. The topological polar surface area (TPSA) is 52.3 Å². The molecule has 0 saturated carbocycles. The fourth-order valence-corrected chi connectivity index (χ4v) is 2.01. The Morgan fingerprint density at radius 1 is 1.30 bits per heavy atom. The highest BCUT2D eigenvalue weighted by atomic mass is 79.9. The molecule has 0 aromatic heterocycles. The van der Waals surface area contributed by atoms with Crippen LogP contribution in [0.15, 0.2) is 40.9 Å². The van der Waals surface area contributed by atoms with Gasteiger partial charge in [-0.15, -0.1) is 0 Å². The Morgan fingerprint density at radius 2 is 2.05 bits per heavy atom. The zero-order valence-electron chi connectivity index (χ0n) is 10.8. The first kappa shape index (κ1) is 14.5. The average molecular weight is 338 g/mol. The maximum atomic E-state index is 13.1. The molecule has 0 heterocycles. The number of halogens is 2. The minimum Gasteiger partial charge on any atom is -0.457 e. The van der Waals surface area contributed by atoms with E-state index in [9.17, 15) is 9.18 Å². The van der Waals surface area contributed by atoms with Gasteiger partial charge in [0.05, 0.1) is 5.56 Å². The molecule has 0 amide bonds. The highest BCUT2D eigenvalue weighted by molar-refractivity contribution is 9.10. The summed E-state index contributed by atoms with van der Waals surface area (Å²) in [5, 5.41) is 0. The Morgan fingerprint density at radius 3 is 2.75 bits per heavy atom. The first-order chi connectivity index (χ1) is 9.47. The quantitative estimate of drug-likeness (QED) is 0.683. The summed E-state index contributed by atoms with van der Waals surface area (Å²) < 4.78 is 19.0. The van der Waals surface area contributed by atoms with E-state index in [2.05, 4.69) is 15.9 Å². The minimum atomic E-state index is -0.493. The van der Waals surface area contributed by atoms with Crippen LogP contribution in [0.3, 0.4) is 0 Å². The molecule has 104 valence electrons. The molecule has 0 radical (unpaired) electrons. The number of benzene rings is 2. The average Bonchev–Trinajstić information content (AvgIpc) is 2.42. The predicted octanol–water partition coefficient (Wildman–Crippen LogP) is 3.84. The summed E-state index contributed by atoms with van der Waals surface area (Å²) >= 11 is 3.28. The second kappa shape index (κ2) is 6.05. The van der Waals surface area contributed by atoms with Gasteiger partial charge in [0, 0.05) is 15.7 Å². The van der Waals surface area contributed by atoms with Crippen LogP contribution in [0.25, 0.3) is 0 Å². The van der Waals surface area contributed by atoms with E-state index in [0.717, 1.165) is 5.56 Å². The molecule has 2 aromatic rings. The number of esters is 1. The summed E-state index contributed by atoms with van der Waals surface area (Å²) in [6.45, 7) is 1.85. The fraction of sp³-hybridized carbons (Fsp3) is 0.133. The van der Waals surface area contributed by atoms with Gasteiger partial charge in [0.1, 0.15) is 12.4 Å². The van der Waals surface area contributed by atoms with Gasteiger partial charge in [-0.2, -0.15) is 0 Å². The Labute approximate surface area is 124 Å². The number of anilines is 1. The Hall–Kier alpha value is -1.88. The number of nitrogen functional groups attached to an aromatic ring is 1. The third-order valence-corrected chi connectivity index (χ3v) is 3.66. The number of aryl methyl sites for hydroxylation is 1. The van der Waals surface area contributed by atoms with Crippen molar-refractivity contribution in [1.82, 2.24) is 0 Å². The van der Waals surface area contributed by atoms with Crippen molar-refractivity contribution in [2.24, 2.45) is 0 Å². The number of hydrogen-bond acceptors (Lipinski definition) is 3. The van der Waals surface area contributed by atoms with Gasteiger partial charge in [0.2, 0.25) is 0 Å². The van der Waals surface area contributed by atoms with E-state index in [-0.39, 0.29) is 12.4 Å². The van der Waals surface area contributed by atoms with Gasteiger partial charge >= 0.3 is 5.97 Å². The van der Waals surface area contributed by atoms with Crippen LogP contribution < -0.4 is 5.73 Å². The molecule has 0 unspecified atom stereocenters. The van der Waals surface area contributed by atoms with Gasteiger partial charge in [0.15, 0.2) is 0 Å². The first-order valence-electron chi connectivity index (χ1n) is 5.94. The fourth-order valence-electron chi connectivity index (χ4n) is 1.65. The van der Waals surface area contributed by atoms with Crippen LogP contribution in [0.1, 0.15) is 21.5 Å². The molecule has 0 saturated heterocycles. The van der Waals surface area contributed by atoms with Crippen LogP contribution in [-0.4, -0.2) is 5.97 Å².